The van der Waals surface area contributed by atoms with Gasteiger partial charge in [-0.1, -0.05) is 337 Å². The quantitative estimate of drug-likeness (QED) is 0.0649. The molecule has 0 spiro atoms. The van der Waals surface area contributed by atoms with Crippen LogP contribution in [0.25, 0.3) is 0 Å². The number of ether oxygens (including phenoxy) is 6. The van der Waals surface area contributed by atoms with Crippen molar-refractivity contribution >= 4 is 175 Å². The molecule has 1 aliphatic carbocycles. The number of carbonyl (C=O) groups is 6. The second-order valence-electron chi connectivity index (χ2n) is 31.6. The van der Waals surface area contributed by atoms with Crippen LogP contribution in [0.3, 0.4) is 0 Å². The fraction of sp³-hybridized carbons (Fsp3) is 0.462. The third-order valence-electron chi connectivity index (χ3n) is 17.2. The Kier molecular flexibility index (Phi) is 27.5. The van der Waals surface area contributed by atoms with E-state index in [0.29, 0.717) is 66.8 Å². The highest BCUT2D eigenvalue weighted by molar-refractivity contribution is 6.55. The summed E-state index contributed by atoms with van der Waals surface area (Å²) in [6.45, 7) is 36.0. The summed E-state index contributed by atoms with van der Waals surface area (Å²) in [6, 6.07) is 22.4. The lowest BCUT2D eigenvalue weighted by atomic mass is 9.79. The summed E-state index contributed by atoms with van der Waals surface area (Å²) in [7, 11) is 0. The molecule has 0 aliphatic heterocycles. The van der Waals surface area contributed by atoms with Crippen molar-refractivity contribution in [3.8, 4) is 34.5 Å². The van der Waals surface area contributed by atoms with Gasteiger partial charge in [-0.05, 0) is 65.9 Å². The van der Waals surface area contributed by atoms with Crippen LogP contribution in [0.1, 0.15) is 225 Å². The monoisotopic (exact) mass is 1630 g/mol. The Hall–Kier alpha value is -4.38. The normalized spacial score (nSPS) is 13.5. The maximum Gasteiger partial charge on any atom is 0.344 e. The van der Waals surface area contributed by atoms with Crippen molar-refractivity contribution in [3.05, 3.63) is 173 Å². The van der Waals surface area contributed by atoms with Gasteiger partial charge in [0.1, 0.15) is 34.5 Å². The number of hydrogen-bond donors (Lipinski definition) is 0. The molecule has 12 nitrogen and oxygen atoms in total. The van der Waals surface area contributed by atoms with Gasteiger partial charge in [0.05, 0.1) is 0 Å². The lowest BCUT2D eigenvalue weighted by Gasteiger charge is -2.29. The average molecular weight is 1640 g/mol. The summed E-state index contributed by atoms with van der Waals surface area (Å²) in [5.74, 6) is -6.31. The topological polar surface area (TPSA) is 158 Å². The Morgan fingerprint density at radius 1 is 0.216 bits per heavy atom. The van der Waals surface area contributed by atoms with Crippen LogP contribution in [0.5, 0.6) is 34.5 Å². The summed E-state index contributed by atoms with van der Waals surface area (Å²) in [5, 5.41) is 0. The molecule has 0 aromatic heterocycles. The first-order chi connectivity index (χ1) is 46.7. The second kappa shape index (κ2) is 33.0. The van der Waals surface area contributed by atoms with Crippen LogP contribution < -0.4 is 28.4 Å². The summed E-state index contributed by atoms with van der Waals surface area (Å²) in [5.41, 5.74) is 4.86. The van der Waals surface area contributed by atoms with Gasteiger partial charge in [-0.3, -0.25) is 0 Å². The fourth-order valence-corrected chi connectivity index (χ4v) is 12.1. The van der Waals surface area contributed by atoms with Crippen LogP contribution in [0.2, 0.25) is 0 Å². The molecule has 24 heteroatoms. The van der Waals surface area contributed by atoms with Crippen LogP contribution >= 0.6 is 139 Å². The number of esters is 6. The predicted octanol–water partition coefficient (Wildman–Crippen LogP) is 21.6. The highest BCUT2D eigenvalue weighted by Crippen LogP contribution is 2.47. The molecule has 0 atom stereocenters. The van der Waals surface area contributed by atoms with E-state index in [1.54, 1.807) is 0 Å². The molecule has 6 aromatic carbocycles. The third-order valence-corrected chi connectivity index (χ3v) is 19.4. The van der Waals surface area contributed by atoms with Crippen molar-refractivity contribution in [2.45, 2.75) is 225 Å². The molecule has 0 saturated carbocycles. The van der Waals surface area contributed by atoms with Crippen LogP contribution in [0, 0.1) is 0 Å². The minimum atomic E-state index is -1.70. The standard InChI is InChI=1S/C78H84Cl12O12/c1-73(2,3)49-25-37-19-39-27-50(74(4,5)6)29-41(56(39)98-68(92)62(81)82)21-43-31-52(76(10,11)12)33-45(58(43)100-70(94)64(85)86)23-47-35-54(78(16,17)18)36-48(60(47)102-72(96)66(89)90)24-46-34-53(77(13,14)15)32-44(59(46)101-71(95)65(87)88)22-42-30-51(75(7,8)9)28-40(57(42)99-69(93)63(83)84)20-38(26-49)55(37)97-67(91)61(79)80/h25-36,61-66H,19-24H2,1-18H3. The van der Waals surface area contributed by atoms with Crippen molar-refractivity contribution in [3.63, 3.8) is 0 Å². The molecule has 552 valence electrons. The van der Waals surface area contributed by atoms with Gasteiger partial charge in [-0.25, -0.2) is 28.8 Å². The molecule has 102 heavy (non-hydrogen) atoms. The number of alkyl halides is 12. The molecular formula is C78H84Cl12O12. The first-order valence-corrected chi connectivity index (χ1v) is 37.9. The highest BCUT2D eigenvalue weighted by atomic mass is 35.6. The Balaban J connectivity index is 1.85. The molecule has 0 radical (unpaired) electrons. The lowest BCUT2D eigenvalue weighted by Crippen LogP contribution is -2.22. The maximum atomic E-state index is 14.3. The van der Waals surface area contributed by atoms with Gasteiger partial charge in [0.25, 0.3) is 0 Å². The van der Waals surface area contributed by atoms with Gasteiger partial charge in [-0.15, -0.1) is 0 Å². The van der Waals surface area contributed by atoms with E-state index < -0.39 is 97.3 Å². The molecule has 0 fully saturated rings. The van der Waals surface area contributed by atoms with Crippen LogP contribution in [0.4, 0.5) is 0 Å². The van der Waals surface area contributed by atoms with E-state index in [1.807, 2.05) is 197 Å². The van der Waals surface area contributed by atoms with Crippen LogP contribution in [-0.4, -0.2) is 64.8 Å². The van der Waals surface area contributed by atoms with Gasteiger partial charge < -0.3 is 28.4 Å². The van der Waals surface area contributed by atoms with Crippen molar-refractivity contribution in [2.24, 2.45) is 0 Å². The van der Waals surface area contributed by atoms with Gasteiger partial charge in [0.15, 0.2) is 0 Å². The van der Waals surface area contributed by atoms with Crippen LogP contribution in [-0.2, 0) is 99.8 Å². The third kappa shape index (κ3) is 21.5. The zero-order valence-corrected chi connectivity index (χ0v) is 69.1. The number of benzene rings is 6. The SMILES string of the molecule is CC(C)(C)c1cc2c(OC(=O)C(Cl)Cl)c(c1)Cc1cc(C(C)(C)C)cc(c1OC(=O)C(Cl)Cl)Cc1cc(C(C)(C)C)cc(c1OC(=O)C(Cl)Cl)Cc1cc(C(C)(C)C)cc(c1OC(=O)C(Cl)Cl)Cc1cc(C(C)(C)C)cc(c1OC(=O)C(Cl)Cl)Cc1cc(C(C)(C)C)cc(c1OC(=O)C(Cl)Cl)C2. The summed E-state index contributed by atoms with van der Waals surface area (Å²) in [4.78, 5) is 75.4. The van der Waals surface area contributed by atoms with Crippen molar-refractivity contribution in [1.29, 1.82) is 0 Å². The second-order valence-corrected chi connectivity index (χ2v) is 38.2. The zero-order valence-electron chi connectivity index (χ0n) is 60.1. The Bertz CT molecular complexity index is 3390. The van der Waals surface area contributed by atoms with E-state index in [2.05, 4.69) is 0 Å². The van der Waals surface area contributed by atoms with E-state index in [4.69, 9.17) is 168 Å². The zero-order chi connectivity index (χ0) is 76.8. The van der Waals surface area contributed by atoms with Crippen molar-refractivity contribution < 1.29 is 57.2 Å². The molecule has 0 heterocycles. The van der Waals surface area contributed by atoms with Gasteiger partial charge in [-0.2, -0.15) is 0 Å². The van der Waals surface area contributed by atoms with Gasteiger partial charge in [0.2, 0.25) is 29.0 Å². The summed E-state index contributed by atoms with van der Waals surface area (Å²) in [6.07, 6.45) is -0.959. The van der Waals surface area contributed by atoms with E-state index in [0.717, 1.165) is 33.4 Å². The minimum Gasteiger partial charge on any atom is -0.424 e. The largest absolute Gasteiger partial charge is 0.424 e. The van der Waals surface area contributed by atoms with Crippen molar-refractivity contribution in [1.82, 2.24) is 0 Å². The number of hydrogen-bond acceptors (Lipinski definition) is 12. The van der Waals surface area contributed by atoms with Crippen LogP contribution in [0.15, 0.2) is 72.8 Å². The maximum absolute atomic E-state index is 14.3. The number of carbonyl (C=O) groups excluding carboxylic acids is 6. The molecule has 0 N–H and O–H groups in total. The lowest BCUT2D eigenvalue weighted by molar-refractivity contribution is -0.133. The van der Waals surface area contributed by atoms with E-state index in [1.165, 1.54) is 0 Å². The average Bonchev–Trinajstić information content (AvgIpc) is 0.770. The summed E-state index contributed by atoms with van der Waals surface area (Å²) >= 11 is 77.0. The molecule has 12 bridgehead atoms. The Labute approximate surface area is 658 Å². The first-order valence-electron chi connectivity index (χ1n) is 32.7. The predicted molar refractivity (Wildman–Crippen MR) is 414 cm³/mol. The minimum absolute atomic E-state index is 0.00815. The molecule has 7 rings (SSSR count). The highest BCUT2D eigenvalue weighted by Gasteiger charge is 2.36. The van der Waals surface area contributed by atoms with Gasteiger partial charge >= 0.3 is 35.8 Å². The number of halogens is 12. The molecule has 0 saturated heterocycles. The molecule has 6 aromatic rings. The molecule has 0 unspecified atom stereocenters. The fourth-order valence-electron chi connectivity index (χ4n) is 11.6. The number of rotatable bonds is 12. The molecular weight excluding hydrogens is 1550 g/mol. The van der Waals surface area contributed by atoms with Gasteiger partial charge in [0, 0.05) is 105 Å². The summed E-state index contributed by atoms with van der Waals surface area (Å²) < 4.78 is 38.5. The number of fused-ring (bicyclic) bond motifs is 12. The Morgan fingerprint density at radius 2 is 0.304 bits per heavy atom. The van der Waals surface area contributed by atoms with E-state index >= 15 is 0 Å². The van der Waals surface area contributed by atoms with E-state index in [-0.39, 0.29) is 73.0 Å². The van der Waals surface area contributed by atoms with Crippen molar-refractivity contribution in [2.75, 3.05) is 0 Å². The van der Waals surface area contributed by atoms with E-state index in [9.17, 15) is 28.8 Å². The smallest absolute Gasteiger partial charge is 0.344 e. The molecule has 0 amide bonds. The Morgan fingerprint density at radius 3 is 0.373 bits per heavy atom. The molecule has 1 aliphatic rings. The first kappa shape index (κ1) is 84.9.